The fourth-order valence-corrected chi connectivity index (χ4v) is 9.46. The first kappa shape index (κ1) is 28.7. The first-order valence-electron chi connectivity index (χ1n) is 16.0. The Morgan fingerprint density at radius 1 is 0.564 bits per heavy atom. The molecule has 0 bridgehead atoms. The van der Waals surface area contributed by atoms with Crippen LogP contribution in [0.15, 0.2) is 0 Å². The number of halogens is 4. The highest BCUT2D eigenvalue weighted by molar-refractivity contribution is 4.99. The van der Waals surface area contributed by atoms with Crippen molar-refractivity contribution < 1.29 is 27.0 Å². The van der Waals surface area contributed by atoms with Crippen LogP contribution in [0.25, 0.3) is 0 Å². The summed E-state index contributed by atoms with van der Waals surface area (Å²) in [6.45, 7) is 7.59. The Kier molecular flexibility index (Phi) is 8.59. The molecule has 2 heterocycles. The lowest BCUT2D eigenvalue weighted by Gasteiger charge is -2.54. The summed E-state index contributed by atoms with van der Waals surface area (Å²) >= 11 is 0. The summed E-state index contributed by atoms with van der Waals surface area (Å²) in [6.07, 6.45) is 5.10. The van der Waals surface area contributed by atoms with Crippen LogP contribution in [0.4, 0.5) is 17.6 Å². The van der Waals surface area contributed by atoms with Crippen molar-refractivity contribution in [1.82, 2.24) is 9.80 Å². The van der Waals surface area contributed by atoms with Crippen molar-refractivity contribution in [3.8, 4) is 0 Å². The Hall–Kier alpha value is -0.440. The van der Waals surface area contributed by atoms with E-state index in [1.807, 2.05) is 0 Å². The van der Waals surface area contributed by atoms with Crippen LogP contribution in [0.2, 0.25) is 0 Å². The van der Waals surface area contributed by atoms with Crippen LogP contribution in [0.3, 0.4) is 0 Å². The lowest BCUT2D eigenvalue weighted by Crippen LogP contribution is -2.56. The molecule has 0 radical (unpaired) electrons. The lowest BCUT2D eigenvalue weighted by atomic mass is 9.57. The molecule has 12 unspecified atom stereocenters. The van der Waals surface area contributed by atoms with Crippen LogP contribution < -0.4 is 0 Å². The van der Waals surface area contributed by atoms with E-state index in [0.717, 1.165) is 51.6 Å². The van der Waals surface area contributed by atoms with E-state index in [9.17, 15) is 17.6 Å². The molecule has 6 aliphatic rings. The van der Waals surface area contributed by atoms with Crippen LogP contribution in [0.1, 0.15) is 90.9 Å². The van der Waals surface area contributed by atoms with Crippen molar-refractivity contribution in [2.75, 3.05) is 26.6 Å². The number of alkyl halides is 4. The van der Waals surface area contributed by atoms with E-state index in [4.69, 9.17) is 9.47 Å². The van der Waals surface area contributed by atoms with Crippen molar-refractivity contribution in [3.63, 3.8) is 0 Å². The molecule has 0 N–H and O–H groups in total. The normalized spacial score (nSPS) is 48.8. The minimum atomic E-state index is -1.10. The maximum atomic E-state index is 14.7. The van der Waals surface area contributed by atoms with Crippen molar-refractivity contribution in [2.24, 2.45) is 29.1 Å². The van der Waals surface area contributed by atoms with Gasteiger partial charge in [-0.1, -0.05) is 13.8 Å². The van der Waals surface area contributed by atoms with Crippen LogP contribution in [0, 0.1) is 29.1 Å². The molecule has 2 aliphatic heterocycles. The van der Waals surface area contributed by atoms with Gasteiger partial charge >= 0.3 is 0 Å². The second-order valence-corrected chi connectivity index (χ2v) is 14.6. The third-order valence-corrected chi connectivity index (χ3v) is 12.1. The largest absolute Gasteiger partial charge is 0.362 e. The molecule has 0 spiro atoms. The topological polar surface area (TPSA) is 24.9 Å². The van der Waals surface area contributed by atoms with Gasteiger partial charge in [0.2, 0.25) is 0 Å². The first-order valence-corrected chi connectivity index (χ1v) is 16.0. The van der Waals surface area contributed by atoms with Gasteiger partial charge in [0.25, 0.3) is 0 Å². The van der Waals surface area contributed by atoms with Gasteiger partial charge < -0.3 is 9.47 Å². The summed E-state index contributed by atoms with van der Waals surface area (Å²) in [4.78, 5) is 4.33. The van der Waals surface area contributed by atoms with Crippen LogP contribution in [0.5, 0.6) is 0 Å². The Morgan fingerprint density at radius 2 is 1.00 bits per heavy atom. The van der Waals surface area contributed by atoms with Crippen molar-refractivity contribution in [2.45, 2.75) is 140 Å². The molecule has 0 aromatic carbocycles. The van der Waals surface area contributed by atoms with Gasteiger partial charge in [0.05, 0.1) is 25.7 Å². The first-order chi connectivity index (χ1) is 18.7. The van der Waals surface area contributed by atoms with Crippen molar-refractivity contribution in [3.05, 3.63) is 0 Å². The summed E-state index contributed by atoms with van der Waals surface area (Å²) in [5.41, 5.74) is 0.171. The van der Waals surface area contributed by atoms with E-state index >= 15 is 0 Å². The van der Waals surface area contributed by atoms with E-state index in [-0.39, 0.29) is 42.5 Å². The number of rotatable bonds is 4. The van der Waals surface area contributed by atoms with E-state index in [2.05, 4.69) is 23.6 Å². The maximum absolute atomic E-state index is 14.7. The molecule has 0 aromatic rings. The van der Waals surface area contributed by atoms with Crippen molar-refractivity contribution in [1.29, 1.82) is 0 Å². The van der Waals surface area contributed by atoms with E-state index < -0.39 is 24.7 Å². The zero-order chi connectivity index (χ0) is 27.3. The molecule has 2 saturated heterocycles. The van der Waals surface area contributed by atoms with Crippen LogP contribution in [-0.4, -0.2) is 85.3 Å². The molecule has 0 amide bonds. The molecule has 224 valence electrons. The molecule has 8 heteroatoms. The number of hydrogen-bond acceptors (Lipinski definition) is 4. The van der Waals surface area contributed by atoms with E-state index in [0.29, 0.717) is 62.8 Å². The predicted octanol–water partition coefficient (Wildman–Crippen LogP) is 6.62. The second kappa shape index (κ2) is 11.7. The zero-order valence-electron chi connectivity index (χ0n) is 24.0. The van der Waals surface area contributed by atoms with Gasteiger partial charge in [0.1, 0.15) is 24.7 Å². The average molecular weight is 559 g/mol. The Bertz CT molecular complexity index is 770. The van der Waals surface area contributed by atoms with Gasteiger partial charge in [-0.3, -0.25) is 9.80 Å². The number of ether oxygens (including phenoxy) is 2. The van der Waals surface area contributed by atoms with Gasteiger partial charge in [0, 0.05) is 38.0 Å². The van der Waals surface area contributed by atoms with Gasteiger partial charge in [-0.15, -0.1) is 0 Å². The number of hydrogen-bond donors (Lipinski definition) is 0. The van der Waals surface area contributed by atoms with Gasteiger partial charge in [-0.25, -0.2) is 17.6 Å². The summed E-state index contributed by atoms with van der Waals surface area (Å²) < 4.78 is 69.5. The quantitative estimate of drug-likeness (QED) is 0.362. The molecule has 4 aliphatic carbocycles. The molecule has 0 aromatic heterocycles. The fourth-order valence-electron chi connectivity index (χ4n) is 9.46. The van der Waals surface area contributed by atoms with Crippen LogP contribution in [-0.2, 0) is 9.47 Å². The SMILES string of the molecule is CC(C)(C1CCC2OCN(C3CCC(F)CC3F)CC2C1)C1CCC2OCN(C3CCC(F)CC3F)CC2C1. The highest BCUT2D eigenvalue weighted by Crippen LogP contribution is 2.52. The molecular formula is C31H50F4N2O2. The third kappa shape index (κ3) is 5.92. The highest BCUT2D eigenvalue weighted by Gasteiger charge is 2.49. The summed E-state index contributed by atoms with van der Waals surface area (Å²) in [6, 6.07) is -0.417. The smallest absolute Gasteiger partial charge is 0.118 e. The molecular weight excluding hydrogens is 508 g/mol. The van der Waals surface area contributed by atoms with Gasteiger partial charge in [-0.05, 0) is 93.3 Å². The second-order valence-electron chi connectivity index (χ2n) is 14.6. The maximum Gasteiger partial charge on any atom is 0.118 e. The van der Waals surface area contributed by atoms with Gasteiger partial charge in [0.15, 0.2) is 0 Å². The fraction of sp³-hybridized carbons (Fsp3) is 1.00. The minimum Gasteiger partial charge on any atom is -0.362 e. The summed E-state index contributed by atoms with van der Waals surface area (Å²) in [5.74, 6) is 1.98. The molecule has 12 atom stereocenters. The predicted molar refractivity (Wildman–Crippen MR) is 143 cm³/mol. The Labute approximate surface area is 232 Å². The average Bonchev–Trinajstić information content (AvgIpc) is 2.92. The summed E-state index contributed by atoms with van der Waals surface area (Å²) in [5, 5.41) is 0. The van der Waals surface area contributed by atoms with Crippen LogP contribution >= 0.6 is 0 Å². The molecule has 6 rings (SSSR count). The monoisotopic (exact) mass is 558 g/mol. The zero-order valence-corrected chi connectivity index (χ0v) is 24.0. The Morgan fingerprint density at radius 3 is 1.41 bits per heavy atom. The molecule has 4 saturated carbocycles. The molecule has 4 nitrogen and oxygen atoms in total. The molecule has 39 heavy (non-hydrogen) atoms. The van der Waals surface area contributed by atoms with E-state index in [1.54, 1.807) is 0 Å². The van der Waals surface area contributed by atoms with Crippen molar-refractivity contribution >= 4 is 0 Å². The van der Waals surface area contributed by atoms with Gasteiger partial charge in [-0.2, -0.15) is 0 Å². The van der Waals surface area contributed by atoms with E-state index in [1.165, 1.54) is 0 Å². The lowest BCUT2D eigenvalue weighted by molar-refractivity contribution is -0.167. The summed E-state index contributed by atoms with van der Waals surface area (Å²) in [7, 11) is 0. The highest BCUT2D eigenvalue weighted by atomic mass is 19.2. The number of fused-ring (bicyclic) bond motifs is 2. The minimum absolute atomic E-state index is 0.0268. The Balaban J connectivity index is 1.06. The number of nitrogens with zero attached hydrogens (tertiary/aromatic N) is 2. The standard InChI is InChI=1S/C31H50F4N2O2/c1-31(2,21-3-9-29-19(11-21)15-36(17-38-29)27-7-5-23(32)13-25(27)34)22-4-10-30-20(12-22)16-37(18-39-30)28-8-6-24(33)14-26(28)35/h19-30H,3-18H2,1-2H3. The molecule has 6 fully saturated rings. The third-order valence-electron chi connectivity index (χ3n) is 12.1.